The lowest BCUT2D eigenvalue weighted by Gasteiger charge is -2.10. The third-order valence-electron chi connectivity index (χ3n) is 5.02. The van der Waals surface area contributed by atoms with Gasteiger partial charge in [-0.05, 0) is 43.2 Å². The lowest BCUT2D eigenvalue weighted by atomic mass is 10.1. The maximum Gasteiger partial charge on any atom is 0.325 e. The first-order valence-electron chi connectivity index (χ1n) is 9.50. The van der Waals surface area contributed by atoms with E-state index in [1.54, 1.807) is 28.8 Å². The number of methoxy groups -OCH3 is 1. The van der Waals surface area contributed by atoms with Crippen molar-refractivity contribution in [3.8, 4) is 0 Å². The Bertz CT molecular complexity index is 1300. The number of ether oxygens (including phenoxy) is 1. The van der Waals surface area contributed by atoms with E-state index >= 15 is 0 Å². The number of fused-ring (bicyclic) bond motifs is 2. The molecule has 0 bridgehead atoms. The molecule has 8 nitrogen and oxygen atoms in total. The molecule has 3 amide bonds. The van der Waals surface area contributed by atoms with Crippen LogP contribution in [0.4, 0.5) is 0 Å². The van der Waals surface area contributed by atoms with Crippen LogP contribution in [-0.2, 0) is 20.9 Å². The minimum absolute atomic E-state index is 0.113. The minimum Gasteiger partial charge on any atom is -0.468 e. The molecule has 0 N–H and O–H groups in total. The SMILES string of the molecule is COC(=O)Cn1c(=NC(=O)CN2C(=O)c3ccccc3C2=O)sc2c(C)cc(C)cc21. The molecule has 31 heavy (non-hydrogen) atoms. The molecule has 2 aromatic carbocycles. The van der Waals surface area contributed by atoms with Crippen molar-refractivity contribution in [2.45, 2.75) is 20.4 Å². The van der Waals surface area contributed by atoms with Gasteiger partial charge >= 0.3 is 5.97 Å². The Labute approximate surface area is 181 Å². The highest BCUT2D eigenvalue weighted by Gasteiger charge is 2.36. The summed E-state index contributed by atoms with van der Waals surface area (Å²) in [4.78, 5) is 55.0. The van der Waals surface area contributed by atoms with Crippen LogP contribution in [0.5, 0.6) is 0 Å². The number of benzene rings is 2. The summed E-state index contributed by atoms with van der Waals surface area (Å²) >= 11 is 1.27. The first kappa shape index (κ1) is 20.7. The monoisotopic (exact) mass is 437 g/mol. The first-order valence-corrected chi connectivity index (χ1v) is 10.3. The number of hydrogen-bond acceptors (Lipinski definition) is 6. The molecule has 2 heterocycles. The molecule has 1 aliphatic rings. The molecule has 4 rings (SSSR count). The van der Waals surface area contributed by atoms with Crippen LogP contribution >= 0.6 is 11.3 Å². The van der Waals surface area contributed by atoms with E-state index in [0.29, 0.717) is 4.80 Å². The number of hydrogen-bond donors (Lipinski definition) is 0. The highest BCUT2D eigenvalue weighted by Crippen LogP contribution is 2.24. The van der Waals surface area contributed by atoms with Gasteiger partial charge in [-0.25, -0.2) is 0 Å². The fraction of sp³-hybridized carbons (Fsp3) is 0.227. The van der Waals surface area contributed by atoms with Crippen LogP contribution in [0.25, 0.3) is 10.2 Å². The average molecular weight is 437 g/mol. The van der Waals surface area contributed by atoms with E-state index in [-0.39, 0.29) is 17.7 Å². The van der Waals surface area contributed by atoms with Gasteiger partial charge in [0.15, 0.2) is 4.80 Å². The van der Waals surface area contributed by atoms with Crippen LogP contribution in [0, 0.1) is 13.8 Å². The largest absolute Gasteiger partial charge is 0.468 e. The second-order valence-electron chi connectivity index (χ2n) is 7.22. The first-order chi connectivity index (χ1) is 14.8. The van der Waals surface area contributed by atoms with Crippen molar-refractivity contribution in [1.82, 2.24) is 9.47 Å². The summed E-state index contributed by atoms with van der Waals surface area (Å²) in [5.41, 5.74) is 3.31. The third kappa shape index (κ3) is 3.68. The number of nitrogens with zero attached hydrogens (tertiary/aromatic N) is 3. The molecule has 1 aromatic heterocycles. The lowest BCUT2D eigenvalue weighted by molar-refractivity contribution is -0.141. The Morgan fingerprint density at radius 2 is 1.68 bits per heavy atom. The number of aromatic nitrogens is 1. The molecule has 0 spiro atoms. The number of amides is 3. The van der Waals surface area contributed by atoms with Crippen molar-refractivity contribution in [2.24, 2.45) is 4.99 Å². The van der Waals surface area contributed by atoms with Gasteiger partial charge in [0.25, 0.3) is 17.7 Å². The number of esters is 1. The zero-order valence-electron chi connectivity index (χ0n) is 17.2. The molecule has 158 valence electrons. The molecule has 0 unspecified atom stereocenters. The van der Waals surface area contributed by atoms with Gasteiger partial charge in [0.05, 0.1) is 28.5 Å². The van der Waals surface area contributed by atoms with Crippen molar-refractivity contribution in [2.75, 3.05) is 13.7 Å². The van der Waals surface area contributed by atoms with E-state index in [4.69, 9.17) is 4.74 Å². The lowest BCUT2D eigenvalue weighted by Crippen LogP contribution is -2.35. The van der Waals surface area contributed by atoms with Gasteiger partial charge in [0, 0.05) is 0 Å². The second-order valence-corrected chi connectivity index (χ2v) is 8.20. The number of rotatable bonds is 4. The van der Waals surface area contributed by atoms with E-state index in [1.807, 2.05) is 26.0 Å². The van der Waals surface area contributed by atoms with Crippen molar-refractivity contribution < 1.29 is 23.9 Å². The van der Waals surface area contributed by atoms with E-state index in [9.17, 15) is 19.2 Å². The molecular weight excluding hydrogens is 418 g/mol. The fourth-order valence-corrected chi connectivity index (χ4v) is 4.70. The quantitative estimate of drug-likeness (QED) is 0.460. The maximum absolute atomic E-state index is 12.7. The van der Waals surface area contributed by atoms with E-state index in [1.165, 1.54) is 18.4 Å². The smallest absolute Gasteiger partial charge is 0.325 e. The summed E-state index contributed by atoms with van der Waals surface area (Å²) in [5, 5.41) is 0. The van der Waals surface area contributed by atoms with Gasteiger partial charge in [-0.2, -0.15) is 4.99 Å². The molecule has 0 saturated heterocycles. The summed E-state index contributed by atoms with van der Waals surface area (Å²) in [6.07, 6.45) is 0. The van der Waals surface area contributed by atoms with Crippen molar-refractivity contribution in [1.29, 1.82) is 0 Å². The standard InChI is InChI=1S/C22H19N3O5S/c1-12-8-13(2)19-16(9-12)24(11-18(27)30-3)22(31-19)23-17(26)10-25-20(28)14-6-4-5-7-15(14)21(25)29/h4-9H,10-11H2,1-3H3. The third-order valence-corrected chi connectivity index (χ3v) is 6.25. The number of imide groups is 1. The van der Waals surface area contributed by atoms with Gasteiger partial charge in [-0.15, -0.1) is 0 Å². The molecule has 9 heteroatoms. The molecule has 0 saturated carbocycles. The summed E-state index contributed by atoms with van der Waals surface area (Å²) in [6, 6.07) is 10.4. The van der Waals surface area contributed by atoms with Gasteiger partial charge in [0.2, 0.25) is 0 Å². The van der Waals surface area contributed by atoms with Crippen LogP contribution in [0.2, 0.25) is 0 Å². The number of carbonyl (C=O) groups is 4. The molecular formula is C22H19N3O5S. The van der Waals surface area contributed by atoms with E-state index in [0.717, 1.165) is 26.2 Å². The fourth-order valence-electron chi connectivity index (χ4n) is 3.60. The Kier molecular flexibility index (Phi) is 5.28. The molecule has 1 aliphatic heterocycles. The summed E-state index contributed by atoms with van der Waals surface area (Å²) < 4.78 is 7.29. The van der Waals surface area contributed by atoms with Gasteiger partial charge < -0.3 is 9.30 Å². The van der Waals surface area contributed by atoms with Gasteiger partial charge in [-0.3, -0.25) is 24.1 Å². The Morgan fingerprint density at radius 3 is 2.29 bits per heavy atom. The Hall–Kier alpha value is -3.59. The highest BCUT2D eigenvalue weighted by atomic mass is 32.1. The maximum atomic E-state index is 12.7. The molecule has 0 fully saturated rings. The number of aryl methyl sites for hydroxylation is 2. The van der Waals surface area contributed by atoms with Crippen molar-refractivity contribution >= 4 is 45.2 Å². The minimum atomic E-state index is -0.658. The number of thiazole rings is 1. The van der Waals surface area contributed by atoms with Crippen molar-refractivity contribution in [3.63, 3.8) is 0 Å². The summed E-state index contributed by atoms with van der Waals surface area (Å²) in [6.45, 7) is 3.30. The summed E-state index contributed by atoms with van der Waals surface area (Å²) in [5.74, 6) is -2.18. The van der Waals surface area contributed by atoms with Crippen LogP contribution in [0.1, 0.15) is 31.8 Å². The van der Waals surface area contributed by atoms with E-state index in [2.05, 4.69) is 4.99 Å². The normalized spacial score (nSPS) is 13.8. The highest BCUT2D eigenvalue weighted by molar-refractivity contribution is 7.16. The Balaban J connectivity index is 1.72. The Morgan fingerprint density at radius 1 is 1.03 bits per heavy atom. The zero-order chi connectivity index (χ0) is 22.3. The topological polar surface area (TPSA) is 98.0 Å². The van der Waals surface area contributed by atoms with Crippen LogP contribution in [0.3, 0.4) is 0 Å². The molecule has 3 aromatic rings. The van der Waals surface area contributed by atoms with E-state index < -0.39 is 30.2 Å². The van der Waals surface area contributed by atoms with Gasteiger partial charge in [0.1, 0.15) is 13.1 Å². The van der Waals surface area contributed by atoms with Crippen LogP contribution in [0.15, 0.2) is 41.4 Å². The van der Waals surface area contributed by atoms with Crippen LogP contribution in [-0.4, -0.2) is 46.8 Å². The van der Waals surface area contributed by atoms with Crippen LogP contribution < -0.4 is 4.80 Å². The average Bonchev–Trinajstić information content (AvgIpc) is 3.19. The molecule has 0 aliphatic carbocycles. The molecule has 0 atom stereocenters. The van der Waals surface area contributed by atoms with Gasteiger partial charge in [-0.1, -0.05) is 29.5 Å². The predicted molar refractivity (Wildman–Crippen MR) is 114 cm³/mol. The second kappa shape index (κ2) is 7.92. The summed E-state index contributed by atoms with van der Waals surface area (Å²) in [7, 11) is 1.29. The molecule has 0 radical (unpaired) electrons. The zero-order valence-corrected chi connectivity index (χ0v) is 18.0. The van der Waals surface area contributed by atoms with Crippen molar-refractivity contribution in [3.05, 3.63) is 63.5 Å². The predicted octanol–water partition coefficient (Wildman–Crippen LogP) is 2.22. The number of carbonyl (C=O) groups excluding carboxylic acids is 4.